The van der Waals surface area contributed by atoms with E-state index < -0.39 is 0 Å². The fourth-order valence-electron chi connectivity index (χ4n) is 3.37. The molecule has 1 aromatic heterocycles. The topological polar surface area (TPSA) is 49.4 Å². The molecule has 1 fully saturated rings. The standard InChI is InChI=1S/C22H28N2O2S/c1-22(2,3)17-8-6-16(7-9-17)21(26)24-12-10-18(11-13-24)23-20(25)15-19-5-4-14-27-19/h4-9,14,18H,10-13,15H2,1-3H3,(H,23,25). The van der Waals surface area contributed by atoms with E-state index in [1.165, 1.54) is 5.56 Å². The molecule has 1 aliphatic rings. The summed E-state index contributed by atoms with van der Waals surface area (Å²) in [5.74, 6) is 0.152. The highest BCUT2D eigenvalue weighted by molar-refractivity contribution is 7.10. The first-order valence-electron chi connectivity index (χ1n) is 9.54. The first-order valence-corrected chi connectivity index (χ1v) is 10.4. The predicted molar refractivity (Wildman–Crippen MR) is 110 cm³/mol. The number of nitrogens with zero attached hydrogens (tertiary/aromatic N) is 1. The number of thiophene rings is 1. The van der Waals surface area contributed by atoms with Crippen LogP contribution in [0.1, 0.15) is 54.4 Å². The molecule has 4 nitrogen and oxygen atoms in total. The Morgan fingerprint density at radius 3 is 2.33 bits per heavy atom. The highest BCUT2D eigenvalue weighted by Crippen LogP contribution is 2.23. The Hall–Kier alpha value is -2.14. The zero-order chi connectivity index (χ0) is 19.4. The Bertz CT molecular complexity index is 768. The van der Waals surface area contributed by atoms with Crippen LogP contribution in [0.2, 0.25) is 0 Å². The minimum Gasteiger partial charge on any atom is -0.353 e. The van der Waals surface area contributed by atoms with Crippen LogP contribution in [-0.4, -0.2) is 35.8 Å². The molecule has 3 rings (SSSR count). The van der Waals surface area contributed by atoms with Crippen LogP contribution in [0.5, 0.6) is 0 Å². The Labute approximate surface area is 165 Å². The molecule has 1 aliphatic heterocycles. The van der Waals surface area contributed by atoms with Crippen molar-refractivity contribution < 1.29 is 9.59 Å². The van der Waals surface area contributed by atoms with Crippen LogP contribution in [-0.2, 0) is 16.6 Å². The summed E-state index contributed by atoms with van der Waals surface area (Å²) in [6.07, 6.45) is 2.06. The molecule has 144 valence electrons. The molecular weight excluding hydrogens is 356 g/mol. The number of carbonyl (C=O) groups excluding carboxylic acids is 2. The molecule has 0 radical (unpaired) electrons. The van der Waals surface area contributed by atoms with Crippen LogP contribution in [0.3, 0.4) is 0 Å². The molecule has 1 N–H and O–H groups in total. The zero-order valence-corrected chi connectivity index (χ0v) is 17.1. The summed E-state index contributed by atoms with van der Waals surface area (Å²) in [6, 6.07) is 12.1. The summed E-state index contributed by atoms with van der Waals surface area (Å²) in [4.78, 5) is 27.9. The molecule has 1 saturated heterocycles. The van der Waals surface area contributed by atoms with Crippen LogP contribution < -0.4 is 5.32 Å². The van der Waals surface area contributed by atoms with Crippen molar-refractivity contribution in [2.24, 2.45) is 0 Å². The molecule has 0 unspecified atom stereocenters. The second-order valence-corrected chi connectivity index (χ2v) is 9.25. The second kappa shape index (κ2) is 8.26. The maximum Gasteiger partial charge on any atom is 0.253 e. The lowest BCUT2D eigenvalue weighted by Gasteiger charge is -2.32. The van der Waals surface area contributed by atoms with Gasteiger partial charge in [-0.05, 0) is 47.4 Å². The van der Waals surface area contributed by atoms with Gasteiger partial charge in [0.1, 0.15) is 0 Å². The van der Waals surface area contributed by atoms with Crippen molar-refractivity contribution in [3.63, 3.8) is 0 Å². The van der Waals surface area contributed by atoms with E-state index in [1.807, 2.05) is 46.7 Å². The average molecular weight is 385 g/mol. The molecule has 0 atom stereocenters. The lowest BCUT2D eigenvalue weighted by Crippen LogP contribution is -2.46. The summed E-state index contributed by atoms with van der Waals surface area (Å²) in [5.41, 5.74) is 2.05. The number of carbonyl (C=O) groups is 2. The number of rotatable bonds is 4. The molecular formula is C22H28N2O2S. The number of amides is 2. The molecule has 2 amide bonds. The van der Waals surface area contributed by atoms with E-state index in [4.69, 9.17) is 0 Å². The summed E-state index contributed by atoms with van der Waals surface area (Å²) in [7, 11) is 0. The van der Waals surface area contributed by atoms with Gasteiger partial charge in [-0.15, -0.1) is 11.3 Å². The lowest BCUT2D eigenvalue weighted by molar-refractivity contribution is -0.121. The first-order chi connectivity index (χ1) is 12.8. The largest absolute Gasteiger partial charge is 0.353 e. The van der Waals surface area contributed by atoms with Gasteiger partial charge in [0.2, 0.25) is 5.91 Å². The molecule has 5 heteroatoms. The van der Waals surface area contributed by atoms with E-state index in [0.717, 1.165) is 23.3 Å². The van der Waals surface area contributed by atoms with Crippen molar-refractivity contribution in [1.82, 2.24) is 10.2 Å². The lowest BCUT2D eigenvalue weighted by atomic mass is 9.86. The number of nitrogens with one attached hydrogen (secondary N) is 1. The van der Waals surface area contributed by atoms with Crippen molar-refractivity contribution in [3.8, 4) is 0 Å². The van der Waals surface area contributed by atoms with E-state index in [0.29, 0.717) is 19.5 Å². The van der Waals surface area contributed by atoms with Crippen LogP contribution in [0.15, 0.2) is 41.8 Å². The van der Waals surface area contributed by atoms with Gasteiger partial charge in [0.05, 0.1) is 6.42 Å². The van der Waals surface area contributed by atoms with E-state index in [-0.39, 0.29) is 23.3 Å². The Morgan fingerprint density at radius 1 is 1.11 bits per heavy atom. The van der Waals surface area contributed by atoms with Crippen LogP contribution in [0.4, 0.5) is 0 Å². The molecule has 2 aromatic rings. The van der Waals surface area contributed by atoms with Gasteiger partial charge in [-0.25, -0.2) is 0 Å². The molecule has 0 aliphatic carbocycles. The quantitative estimate of drug-likeness (QED) is 0.866. The van der Waals surface area contributed by atoms with Gasteiger partial charge < -0.3 is 10.2 Å². The summed E-state index contributed by atoms with van der Waals surface area (Å²) in [6.45, 7) is 7.87. The Balaban J connectivity index is 1.49. The number of likely N-dealkylation sites (tertiary alicyclic amines) is 1. The summed E-state index contributed by atoms with van der Waals surface area (Å²) < 4.78 is 0. The van der Waals surface area contributed by atoms with Gasteiger partial charge in [-0.1, -0.05) is 39.0 Å². The van der Waals surface area contributed by atoms with Crippen molar-refractivity contribution in [3.05, 3.63) is 57.8 Å². The molecule has 0 saturated carbocycles. The molecule has 2 heterocycles. The third-order valence-electron chi connectivity index (χ3n) is 5.06. The number of hydrogen-bond acceptors (Lipinski definition) is 3. The molecule has 27 heavy (non-hydrogen) atoms. The van der Waals surface area contributed by atoms with Crippen molar-refractivity contribution in [1.29, 1.82) is 0 Å². The molecule has 1 aromatic carbocycles. The van der Waals surface area contributed by atoms with Crippen LogP contribution >= 0.6 is 11.3 Å². The number of benzene rings is 1. The van der Waals surface area contributed by atoms with Crippen molar-refractivity contribution >= 4 is 23.2 Å². The second-order valence-electron chi connectivity index (χ2n) is 8.22. The summed E-state index contributed by atoms with van der Waals surface area (Å²) >= 11 is 1.60. The highest BCUT2D eigenvalue weighted by atomic mass is 32.1. The maximum absolute atomic E-state index is 12.7. The maximum atomic E-state index is 12.7. The van der Waals surface area contributed by atoms with Crippen molar-refractivity contribution in [2.45, 2.75) is 51.5 Å². The molecule has 0 bridgehead atoms. The van der Waals surface area contributed by atoms with E-state index in [1.54, 1.807) is 11.3 Å². The smallest absolute Gasteiger partial charge is 0.253 e. The van der Waals surface area contributed by atoms with Crippen LogP contribution in [0.25, 0.3) is 0 Å². The van der Waals surface area contributed by atoms with Gasteiger partial charge in [-0.2, -0.15) is 0 Å². The van der Waals surface area contributed by atoms with Gasteiger partial charge in [0, 0.05) is 29.6 Å². The Morgan fingerprint density at radius 2 is 1.78 bits per heavy atom. The monoisotopic (exact) mass is 384 g/mol. The first kappa shape index (κ1) is 19.6. The van der Waals surface area contributed by atoms with Gasteiger partial charge in [-0.3, -0.25) is 9.59 Å². The van der Waals surface area contributed by atoms with E-state index in [2.05, 4.69) is 26.1 Å². The fraction of sp³-hybridized carbons (Fsp3) is 0.455. The molecule has 0 spiro atoms. The third kappa shape index (κ3) is 5.19. The minimum atomic E-state index is 0.0694. The zero-order valence-electron chi connectivity index (χ0n) is 16.3. The normalized spacial score (nSPS) is 15.6. The third-order valence-corrected chi connectivity index (χ3v) is 5.94. The van der Waals surface area contributed by atoms with Gasteiger partial charge in [0.25, 0.3) is 5.91 Å². The van der Waals surface area contributed by atoms with E-state index in [9.17, 15) is 9.59 Å². The Kier molecular flexibility index (Phi) is 6.00. The van der Waals surface area contributed by atoms with Crippen LogP contribution in [0, 0.1) is 0 Å². The van der Waals surface area contributed by atoms with Gasteiger partial charge in [0.15, 0.2) is 0 Å². The van der Waals surface area contributed by atoms with Crippen molar-refractivity contribution in [2.75, 3.05) is 13.1 Å². The fourth-order valence-corrected chi connectivity index (χ4v) is 4.08. The highest BCUT2D eigenvalue weighted by Gasteiger charge is 2.25. The number of piperidine rings is 1. The number of hydrogen-bond donors (Lipinski definition) is 1. The average Bonchev–Trinajstić information content (AvgIpc) is 3.14. The minimum absolute atomic E-state index is 0.0694. The summed E-state index contributed by atoms with van der Waals surface area (Å²) in [5, 5.41) is 5.10. The van der Waals surface area contributed by atoms with E-state index >= 15 is 0 Å². The van der Waals surface area contributed by atoms with Gasteiger partial charge >= 0.3 is 0 Å². The predicted octanol–water partition coefficient (Wildman–Crippen LogP) is 4.01. The SMILES string of the molecule is CC(C)(C)c1ccc(C(=O)N2CCC(NC(=O)Cc3cccs3)CC2)cc1.